The summed E-state index contributed by atoms with van der Waals surface area (Å²) in [6.45, 7) is 0.00648. The average molecular weight is 543 g/mol. The maximum atomic E-state index is 11.9. The zero-order valence-electron chi connectivity index (χ0n) is 15.9. The summed E-state index contributed by atoms with van der Waals surface area (Å²) in [5.41, 5.74) is 2.08. The minimum Gasteiger partial charge on any atom is -0.488 e. The van der Waals surface area contributed by atoms with Gasteiger partial charge in [-0.1, -0.05) is 62.0 Å². The highest BCUT2D eigenvalue weighted by Crippen LogP contribution is 2.26. The van der Waals surface area contributed by atoms with Gasteiger partial charge in [-0.15, -0.1) is 0 Å². The standard InChI is InChI=1S/C22H16BrCl3N2O3/c23-16-2-8-21(30-12-14-1-3-18(25)10-20(14)26)15(9-16)11-27-31-13-22(29)28-19-6-4-17(24)5-7-19/h1-11H,12-13H2,(H,28,29)/b27-11+. The monoisotopic (exact) mass is 540 g/mol. The third-order valence-corrected chi connectivity index (χ3v) is 5.29. The van der Waals surface area contributed by atoms with Crippen molar-refractivity contribution in [2.75, 3.05) is 11.9 Å². The van der Waals surface area contributed by atoms with Crippen LogP contribution >= 0.6 is 50.7 Å². The third-order valence-electron chi connectivity index (χ3n) is 3.96. The molecule has 3 aromatic carbocycles. The number of hydrogen-bond acceptors (Lipinski definition) is 4. The van der Waals surface area contributed by atoms with Gasteiger partial charge in [-0.3, -0.25) is 4.79 Å². The highest BCUT2D eigenvalue weighted by Gasteiger charge is 2.07. The van der Waals surface area contributed by atoms with Crippen LogP contribution in [0.15, 0.2) is 70.3 Å². The summed E-state index contributed by atoms with van der Waals surface area (Å²) in [5.74, 6) is 0.231. The smallest absolute Gasteiger partial charge is 0.265 e. The molecule has 0 aliphatic heterocycles. The zero-order valence-corrected chi connectivity index (χ0v) is 19.8. The van der Waals surface area contributed by atoms with E-state index in [0.29, 0.717) is 32.1 Å². The first-order chi connectivity index (χ1) is 14.9. The van der Waals surface area contributed by atoms with E-state index in [1.807, 2.05) is 12.1 Å². The van der Waals surface area contributed by atoms with E-state index in [1.54, 1.807) is 48.5 Å². The molecule has 0 atom stereocenters. The molecule has 0 saturated heterocycles. The molecule has 0 fully saturated rings. The van der Waals surface area contributed by atoms with Crippen LogP contribution in [0.4, 0.5) is 5.69 Å². The van der Waals surface area contributed by atoms with Crippen molar-refractivity contribution >= 4 is 68.5 Å². The number of anilines is 1. The van der Waals surface area contributed by atoms with Crippen molar-refractivity contribution in [3.05, 3.63) is 91.3 Å². The predicted molar refractivity (Wildman–Crippen MR) is 129 cm³/mol. The molecule has 0 saturated carbocycles. The molecule has 0 aromatic heterocycles. The molecular formula is C22H16BrCl3N2O3. The minimum atomic E-state index is -0.345. The first-order valence-corrected chi connectivity index (χ1v) is 10.9. The molecule has 3 rings (SSSR count). The van der Waals surface area contributed by atoms with Gasteiger partial charge in [-0.05, 0) is 54.6 Å². The van der Waals surface area contributed by atoms with Crippen molar-refractivity contribution in [2.45, 2.75) is 6.61 Å². The van der Waals surface area contributed by atoms with Crippen molar-refractivity contribution in [2.24, 2.45) is 5.16 Å². The second-order valence-corrected chi connectivity index (χ2v) is 8.47. The maximum Gasteiger partial charge on any atom is 0.265 e. The number of oxime groups is 1. The first-order valence-electron chi connectivity index (χ1n) is 8.98. The maximum absolute atomic E-state index is 11.9. The number of nitrogens with one attached hydrogen (secondary N) is 1. The van der Waals surface area contributed by atoms with E-state index >= 15 is 0 Å². The largest absolute Gasteiger partial charge is 0.488 e. The molecule has 31 heavy (non-hydrogen) atoms. The van der Waals surface area contributed by atoms with Crippen LogP contribution in [-0.2, 0) is 16.2 Å². The number of halogens is 4. The van der Waals surface area contributed by atoms with Crippen LogP contribution in [0.2, 0.25) is 15.1 Å². The van der Waals surface area contributed by atoms with Gasteiger partial charge < -0.3 is 14.9 Å². The quantitative estimate of drug-likeness (QED) is 0.247. The van der Waals surface area contributed by atoms with Gasteiger partial charge in [0.15, 0.2) is 6.61 Å². The summed E-state index contributed by atoms with van der Waals surface area (Å²) in [6.07, 6.45) is 1.47. The Kier molecular flexibility index (Phi) is 8.60. The molecule has 160 valence electrons. The van der Waals surface area contributed by atoms with E-state index in [4.69, 9.17) is 44.4 Å². The van der Waals surface area contributed by atoms with E-state index in [0.717, 1.165) is 10.0 Å². The molecule has 0 unspecified atom stereocenters. The molecular weight excluding hydrogens is 527 g/mol. The fraction of sp³-hybridized carbons (Fsp3) is 0.0909. The zero-order chi connectivity index (χ0) is 22.2. The van der Waals surface area contributed by atoms with Gasteiger partial charge in [-0.2, -0.15) is 0 Å². The number of carbonyl (C=O) groups is 1. The molecule has 0 spiro atoms. The van der Waals surface area contributed by atoms with Gasteiger partial charge >= 0.3 is 0 Å². The lowest BCUT2D eigenvalue weighted by molar-refractivity contribution is -0.120. The topological polar surface area (TPSA) is 59.9 Å². The Morgan fingerprint density at radius 2 is 1.74 bits per heavy atom. The Labute approximate surface area is 203 Å². The summed E-state index contributed by atoms with van der Waals surface area (Å²) in [5, 5.41) is 8.23. The lowest BCUT2D eigenvalue weighted by Crippen LogP contribution is -2.16. The van der Waals surface area contributed by atoms with Crippen molar-refractivity contribution in [1.82, 2.24) is 0 Å². The summed E-state index contributed by atoms with van der Waals surface area (Å²) >= 11 is 21.4. The summed E-state index contributed by atoms with van der Waals surface area (Å²) < 4.78 is 6.72. The van der Waals surface area contributed by atoms with Gasteiger partial charge in [0.05, 0.1) is 6.21 Å². The predicted octanol–water partition coefficient (Wildman–Crippen LogP) is 6.98. The SMILES string of the molecule is O=C(CO/N=C/c1cc(Br)ccc1OCc1ccc(Cl)cc1Cl)Nc1ccc(Cl)cc1. The van der Waals surface area contributed by atoms with E-state index < -0.39 is 0 Å². The lowest BCUT2D eigenvalue weighted by Gasteiger charge is -2.11. The molecule has 1 amide bonds. The number of rotatable bonds is 8. The van der Waals surface area contributed by atoms with Crippen LogP contribution in [0.25, 0.3) is 0 Å². The molecule has 0 heterocycles. The van der Waals surface area contributed by atoms with E-state index in [-0.39, 0.29) is 19.1 Å². The lowest BCUT2D eigenvalue weighted by atomic mass is 10.2. The molecule has 0 radical (unpaired) electrons. The number of carbonyl (C=O) groups excluding carboxylic acids is 1. The van der Waals surface area contributed by atoms with Crippen LogP contribution < -0.4 is 10.1 Å². The Hall–Kier alpha value is -2.25. The van der Waals surface area contributed by atoms with Crippen LogP contribution in [-0.4, -0.2) is 18.7 Å². The fourth-order valence-corrected chi connectivity index (χ4v) is 3.43. The van der Waals surface area contributed by atoms with Gasteiger partial charge in [0.25, 0.3) is 5.91 Å². The van der Waals surface area contributed by atoms with Crippen molar-refractivity contribution in [1.29, 1.82) is 0 Å². The molecule has 0 bridgehead atoms. The Morgan fingerprint density at radius 1 is 1.00 bits per heavy atom. The molecule has 5 nitrogen and oxygen atoms in total. The van der Waals surface area contributed by atoms with Crippen LogP contribution in [0.1, 0.15) is 11.1 Å². The van der Waals surface area contributed by atoms with Gasteiger partial charge in [0.2, 0.25) is 0 Å². The van der Waals surface area contributed by atoms with Crippen LogP contribution in [0, 0.1) is 0 Å². The normalized spacial score (nSPS) is 10.8. The minimum absolute atomic E-state index is 0.246. The van der Waals surface area contributed by atoms with E-state index in [2.05, 4.69) is 26.4 Å². The fourth-order valence-electron chi connectivity index (χ4n) is 2.47. The third kappa shape index (κ3) is 7.43. The number of hydrogen-bond donors (Lipinski definition) is 1. The Bertz CT molecular complexity index is 1090. The summed E-state index contributed by atoms with van der Waals surface area (Å²) in [7, 11) is 0. The molecule has 0 aliphatic carbocycles. The number of ether oxygens (including phenoxy) is 1. The van der Waals surface area contributed by atoms with Crippen molar-refractivity contribution < 1.29 is 14.4 Å². The van der Waals surface area contributed by atoms with Gasteiger partial charge in [0, 0.05) is 36.4 Å². The highest BCUT2D eigenvalue weighted by molar-refractivity contribution is 9.10. The Balaban J connectivity index is 1.57. The molecule has 9 heteroatoms. The van der Waals surface area contributed by atoms with E-state index in [9.17, 15) is 4.79 Å². The average Bonchev–Trinajstić information content (AvgIpc) is 2.73. The molecule has 3 aromatic rings. The molecule has 0 aliphatic rings. The highest BCUT2D eigenvalue weighted by atomic mass is 79.9. The number of amides is 1. The van der Waals surface area contributed by atoms with Crippen molar-refractivity contribution in [3.8, 4) is 5.75 Å². The second-order valence-electron chi connectivity index (χ2n) is 6.27. The number of nitrogens with zero attached hydrogens (tertiary/aromatic N) is 1. The van der Waals surface area contributed by atoms with Crippen LogP contribution in [0.3, 0.4) is 0 Å². The first kappa shape index (κ1) is 23.4. The Morgan fingerprint density at radius 3 is 2.48 bits per heavy atom. The van der Waals surface area contributed by atoms with Crippen molar-refractivity contribution in [3.63, 3.8) is 0 Å². The number of benzene rings is 3. The molecule has 1 N–H and O–H groups in total. The van der Waals surface area contributed by atoms with Gasteiger partial charge in [0.1, 0.15) is 12.4 Å². The van der Waals surface area contributed by atoms with E-state index in [1.165, 1.54) is 6.21 Å². The second kappa shape index (κ2) is 11.4. The summed E-state index contributed by atoms with van der Waals surface area (Å²) in [6, 6.07) is 17.4. The van der Waals surface area contributed by atoms with Crippen LogP contribution in [0.5, 0.6) is 5.75 Å². The summed E-state index contributed by atoms with van der Waals surface area (Å²) in [4.78, 5) is 17.1. The van der Waals surface area contributed by atoms with Gasteiger partial charge in [-0.25, -0.2) is 0 Å².